The molecule has 0 aliphatic carbocycles. The van der Waals surface area contributed by atoms with Gasteiger partial charge in [-0.1, -0.05) is 54.6 Å². The van der Waals surface area contributed by atoms with Crippen molar-refractivity contribution >= 4 is 27.7 Å². The fourth-order valence-corrected chi connectivity index (χ4v) is 2.56. The number of allylic oxidation sites excluding steroid dienone is 1. The molecule has 0 aliphatic rings. The van der Waals surface area contributed by atoms with E-state index in [1.807, 2.05) is 19.1 Å². The highest BCUT2D eigenvalue weighted by atomic mass is 14.9. The Hall–Kier alpha value is -2.54. The first kappa shape index (κ1) is 13.4. The quantitative estimate of drug-likeness (QED) is 0.624. The SMILES string of the molecule is C=C(C)c1ccccc1Nc1ccc2cc(C)ccc2c1. The Kier molecular flexibility index (Phi) is 3.49. The summed E-state index contributed by atoms with van der Waals surface area (Å²) in [5.74, 6) is 0. The van der Waals surface area contributed by atoms with E-state index < -0.39 is 0 Å². The minimum absolute atomic E-state index is 1.06. The molecule has 0 saturated carbocycles. The summed E-state index contributed by atoms with van der Waals surface area (Å²) in [6, 6.07) is 21.3. The van der Waals surface area contributed by atoms with Crippen molar-refractivity contribution in [3.05, 3.63) is 78.4 Å². The van der Waals surface area contributed by atoms with Gasteiger partial charge in [0, 0.05) is 16.9 Å². The van der Waals surface area contributed by atoms with Gasteiger partial charge in [-0.05, 0) is 48.4 Å². The van der Waals surface area contributed by atoms with Crippen molar-refractivity contribution in [3.63, 3.8) is 0 Å². The molecular weight excluding hydrogens is 254 g/mol. The number of nitrogens with one attached hydrogen (secondary N) is 1. The highest BCUT2D eigenvalue weighted by Crippen LogP contribution is 2.27. The van der Waals surface area contributed by atoms with Gasteiger partial charge in [0.1, 0.15) is 0 Å². The van der Waals surface area contributed by atoms with Crippen LogP contribution < -0.4 is 5.32 Å². The summed E-state index contributed by atoms with van der Waals surface area (Å²) in [7, 11) is 0. The van der Waals surface area contributed by atoms with Crippen LogP contribution in [0.25, 0.3) is 16.3 Å². The minimum atomic E-state index is 1.06. The third-order valence-corrected chi connectivity index (χ3v) is 3.66. The molecule has 0 heterocycles. The van der Waals surface area contributed by atoms with Gasteiger partial charge in [-0.2, -0.15) is 0 Å². The van der Waals surface area contributed by atoms with Crippen LogP contribution in [0.4, 0.5) is 11.4 Å². The molecule has 0 bridgehead atoms. The number of rotatable bonds is 3. The Morgan fingerprint density at radius 3 is 2.43 bits per heavy atom. The first-order valence-electron chi connectivity index (χ1n) is 7.16. The minimum Gasteiger partial charge on any atom is -0.355 e. The lowest BCUT2D eigenvalue weighted by atomic mass is 10.1. The lowest BCUT2D eigenvalue weighted by molar-refractivity contribution is 1.49. The second-order valence-corrected chi connectivity index (χ2v) is 5.52. The van der Waals surface area contributed by atoms with Crippen LogP contribution in [0.1, 0.15) is 18.1 Å². The van der Waals surface area contributed by atoms with Gasteiger partial charge in [0.2, 0.25) is 0 Å². The van der Waals surface area contributed by atoms with E-state index in [0.717, 1.165) is 22.5 Å². The predicted octanol–water partition coefficient (Wildman–Crippen LogP) is 5.92. The maximum absolute atomic E-state index is 4.05. The zero-order valence-electron chi connectivity index (χ0n) is 12.5. The molecule has 0 fully saturated rings. The molecule has 3 rings (SSSR count). The number of anilines is 2. The number of para-hydroxylation sites is 1. The predicted molar refractivity (Wildman–Crippen MR) is 93.1 cm³/mol. The van der Waals surface area contributed by atoms with Crippen molar-refractivity contribution in [2.75, 3.05) is 5.32 Å². The van der Waals surface area contributed by atoms with Gasteiger partial charge in [-0.15, -0.1) is 0 Å². The molecule has 0 unspecified atom stereocenters. The lowest BCUT2D eigenvalue weighted by Gasteiger charge is -2.12. The van der Waals surface area contributed by atoms with Crippen LogP contribution in [0.2, 0.25) is 0 Å². The monoisotopic (exact) mass is 273 g/mol. The summed E-state index contributed by atoms with van der Waals surface area (Å²) < 4.78 is 0. The molecule has 3 aromatic carbocycles. The van der Waals surface area contributed by atoms with Gasteiger partial charge >= 0.3 is 0 Å². The van der Waals surface area contributed by atoms with E-state index in [-0.39, 0.29) is 0 Å². The van der Waals surface area contributed by atoms with Crippen molar-refractivity contribution in [2.24, 2.45) is 0 Å². The first-order chi connectivity index (χ1) is 10.1. The number of benzene rings is 3. The average Bonchev–Trinajstić information content (AvgIpc) is 2.48. The summed E-state index contributed by atoms with van der Waals surface area (Å²) in [4.78, 5) is 0. The van der Waals surface area contributed by atoms with Gasteiger partial charge in [-0.25, -0.2) is 0 Å². The van der Waals surface area contributed by atoms with Crippen molar-refractivity contribution in [2.45, 2.75) is 13.8 Å². The summed E-state index contributed by atoms with van der Waals surface area (Å²) in [6.07, 6.45) is 0. The fourth-order valence-electron chi connectivity index (χ4n) is 2.56. The number of fused-ring (bicyclic) bond motifs is 1. The van der Waals surface area contributed by atoms with E-state index >= 15 is 0 Å². The molecule has 0 saturated heterocycles. The van der Waals surface area contributed by atoms with Crippen LogP contribution in [-0.4, -0.2) is 0 Å². The Morgan fingerprint density at radius 2 is 1.62 bits per heavy atom. The maximum atomic E-state index is 4.05. The van der Waals surface area contributed by atoms with Crippen LogP contribution in [0.3, 0.4) is 0 Å². The Balaban J connectivity index is 1.99. The van der Waals surface area contributed by atoms with Gasteiger partial charge in [0.15, 0.2) is 0 Å². The highest BCUT2D eigenvalue weighted by molar-refractivity contribution is 5.88. The van der Waals surface area contributed by atoms with Crippen LogP contribution >= 0.6 is 0 Å². The molecule has 0 aromatic heterocycles. The average molecular weight is 273 g/mol. The molecule has 0 atom stereocenters. The summed E-state index contributed by atoms with van der Waals surface area (Å²) in [5, 5.41) is 6.02. The number of hydrogen-bond donors (Lipinski definition) is 1. The Bertz CT molecular complexity index is 815. The third kappa shape index (κ3) is 2.82. The van der Waals surface area contributed by atoms with E-state index in [2.05, 4.69) is 67.4 Å². The second-order valence-electron chi connectivity index (χ2n) is 5.52. The summed E-state index contributed by atoms with van der Waals surface area (Å²) in [5.41, 5.74) is 5.70. The molecule has 0 amide bonds. The third-order valence-electron chi connectivity index (χ3n) is 3.66. The largest absolute Gasteiger partial charge is 0.355 e. The zero-order valence-corrected chi connectivity index (χ0v) is 12.5. The van der Waals surface area contributed by atoms with Crippen molar-refractivity contribution in [3.8, 4) is 0 Å². The number of hydrogen-bond acceptors (Lipinski definition) is 1. The van der Waals surface area contributed by atoms with Crippen LogP contribution in [0.5, 0.6) is 0 Å². The lowest BCUT2D eigenvalue weighted by Crippen LogP contribution is -1.94. The van der Waals surface area contributed by atoms with Crippen molar-refractivity contribution < 1.29 is 0 Å². The molecule has 0 aliphatic heterocycles. The molecule has 3 aromatic rings. The fraction of sp³-hybridized carbons (Fsp3) is 0.100. The van der Waals surface area contributed by atoms with Gasteiger partial charge in [-0.3, -0.25) is 0 Å². The van der Waals surface area contributed by atoms with Crippen molar-refractivity contribution in [1.29, 1.82) is 0 Å². The van der Waals surface area contributed by atoms with Gasteiger partial charge < -0.3 is 5.32 Å². The van der Waals surface area contributed by atoms with E-state index in [1.165, 1.54) is 16.3 Å². The Labute approximate surface area is 125 Å². The van der Waals surface area contributed by atoms with E-state index in [9.17, 15) is 0 Å². The first-order valence-corrected chi connectivity index (χ1v) is 7.16. The van der Waals surface area contributed by atoms with E-state index in [0.29, 0.717) is 0 Å². The molecule has 0 radical (unpaired) electrons. The van der Waals surface area contributed by atoms with Gasteiger partial charge in [0.05, 0.1) is 0 Å². The van der Waals surface area contributed by atoms with Crippen LogP contribution in [-0.2, 0) is 0 Å². The number of aryl methyl sites for hydroxylation is 1. The van der Waals surface area contributed by atoms with Crippen LogP contribution in [0.15, 0.2) is 67.2 Å². The maximum Gasteiger partial charge on any atom is 0.0460 e. The summed E-state index contributed by atoms with van der Waals surface area (Å²) in [6.45, 7) is 8.20. The standard InChI is InChI=1S/C20H19N/c1-14(2)19-6-4-5-7-20(19)21-18-11-10-16-12-15(3)8-9-17(16)13-18/h4-13,21H,1H2,2-3H3. The van der Waals surface area contributed by atoms with Gasteiger partial charge in [0.25, 0.3) is 0 Å². The highest BCUT2D eigenvalue weighted by Gasteiger charge is 2.03. The topological polar surface area (TPSA) is 12.0 Å². The zero-order chi connectivity index (χ0) is 14.8. The Morgan fingerprint density at radius 1 is 0.905 bits per heavy atom. The molecule has 0 spiro atoms. The second kappa shape index (κ2) is 5.45. The molecular formula is C20H19N. The molecule has 21 heavy (non-hydrogen) atoms. The normalized spacial score (nSPS) is 10.6. The molecule has 1 nitrogen and oxygen atoms in total. The van der Waals surface area contributed by atoms with E-state index in [4.69, 9.17) is 0 Å². The van der Waals surface area contributed by atoms with Crippen molar-refractivity contribution in [1.82, 2.24) is 0 Å². The van der Waals surface area contributed by atoms with Crippen LogP contribution in [0, 0.1) is 6.92 Å². The summed E-state index contributed by atoms with van der Waals surface area (Å²) >= 11 is 0. The molecule has 104 valence electrons. The molecule has 1 heteroatoms. The van der Waals surface area contributed by atoms with E-state index in [1.54, 1.807) is 0 Å². The molecule has 1 N–H and O–H groups in total. The smallest absolute Gasteiger partial charge is 0.0460 e.